The first-order valence-electron chi connectivity index (χ1n) is 10.9. The number of aromatic nitrogens is 4. The molecule has 0 aliphatic carbocycles. The van der Waals surface area contributed by atoms with Crippen molar-refractivity contribution < 1.29 is 9.50 Å². The fourth-order valence-corrected chi connectivity index (χ4v) is 3.51. The van der Waals surface area contributed by atoms with Crippen molar-refractivity contribution >= 4 is 28.6 Å². The van der Waals surface area contributed by atoms with Gasteiger partial charge in [-0.05, 0) is 61.7 Å². The van der Waals surface area contributed by atoms with Crippen LogP contribution >= 0.6 is 0 Å². The van der Waals surface area contributed by atoms with Crippen LogP contribution in [0.3, 0.4) is 0 Å². The standard InChI is InChI=1S/C23H26FN7O2/c24-16-6-9-19-18(14-16)20(33)31-22(27-12-3-1-2-11-25)29-21(30-23(31)28-19)26-13-10-15-4-7-17(32)8-5-15/h4-9,14,32H,1-3,10-13,25H2,(H2,26,27,28,29,30). The summed E-state index contributed by atoms with van der Waals surface area (Å²) in [5, 5.41) is 15.9. The first-order valence-corrected chi connectivity index (χ1v) is 10.9. The maximum absolute atomic E-state index is 13.7. The van der Waals surface area contributed by atoms with Crippen LogP contribution < -0.4 is 21.9 Å². The van der Waals surface area contributed by atoms with E-state index in [-0.39, 0.29) is 16.9 Å². The summed E-state index contributed by atoms with van der Waals surface area (Å²) < 4.78 is 15.0. The number of halogens is 1. The molecule has 5 N–H and O–H groups in total. The summed E-state index contributed by atoms with van der Waals surface area (Å²) in [6, 6.07) is 10.9. The Kier molecular flexibility index (Phi) is 6.94. The zero-order valence-electron chi connectivity index (χ0n) is 18.1. The Labute approximate surface area is 189 Å². The molecule has 4 rings (SSSR count). The fraction of sp³-hybridized carbons (Fsp3) is 0.304. The minimum Gasteiger partial charge on any atom is -0.508 e. The van der Waals surface area contributed by atoms with Gasteiger partial charge < -0.3 is 21.5 Å². The summed E-state index contributed by atoms with van der Waals surface area (Å²) in [6.07, 6.45) is 3.41. The number of fused-ring (bicyclic) bond motifs is 2. The number of nitrogens with zero attached hydrogens (tertiary/aromatic N) is 4. The van der Waals surface area contributed by atoms with E-state index in [2.05, 4.69) is 25.6 Å². The second-order valence-electron chi connectivity index (χ2n) is 7.70. The van der Waals surface area contributed by atoms with Crippen molar-refractivity contribution in [3.63, 3.8) is 0 Å². The van der Waals surface area contributed by atoms with Gasteiger partial charge in [-0.3, -0.25) is 4.79 Å². The van der Waals surface area contributed by atoms with Gasteiger partial charge in [0, 0.05) is 13.1 Å². The van der Waals surface area contributed by atoms with Crippen LogP contribution in [0, 0.1) is 5.82 Å². The van der Waals surface area contributed by atoms with Crippen LogP contribution in [0.25, 0.3) is 16.7 Å². The zero-order valence-corrected chi connectivity index (χ0v) is 18.1. The number of hydrogen-bond acceptors (Lipinski definition) is 8. The summed E-state index contributed by atoms with van der Waals surface area (Å²) in [5.41, 5.74) is 6.52. The Morgan fingerprint density at radius 3 is 2.58 bits per heavy atom. The second kappa shape index (κ2) is 10.2. The van der Waals surface area contributed by atoms with Crippen molar-refractivity contribution in [3.05, 3.63) is 64.2 Å². The number of unbranched alkanes of at least 4 members (excludes halogenated alkanes) is 2. The Bertz CT molecular complexity index is 1310. The molecule has 0 radical (unpaired) electrons. The first kappa shape index (κ1) is 22.4. The molecule has 33 heavy (non-hydrogen) atoms. The molecule has 0 atom stereocenters. The molecule has 172 valence electrons. The number of hydrogen-bond donors (Lipinski definition) is 4. The summed E-state index contributed by atoms with van der Waals surface area (Å²) in [4.78, 5) is 26.5. The molecule has 0 aliphatic rings. The number of aromatic hydroxyl groups is 1. The molecule has 2 aromatic heterocycles. The third-order valence-electron chi connectivity index (χ3n) is 5.24. The fourth-order valence-electron chi connectivity index (χ4n) is 3.51. The zero-order chi connectivity index (χ0) is 23.2. The van der Waals surface area contributed by atoms with E-state index in [1.165, 1.54) is 22.6 Å². The third kappa shape index (κ3) is 5.35. The molecule has 0 fully saturated rings. The largest absolute Gasteiger partial charge is 0.508 e. The second-order valence-corrected chi connectivity index (χ2v) is 7.70. The van der Waals surface area contributed by atoms with Crippen molar-refractivity contribution in [2.45, 2.75) is 25.7 Å². The van der Waals surface area contributed by atoms with Crippen LogP contribution in [0.5, 0.6) is 5.75 Å². The van der Waals surface area contributed by atoms with Crippen molar-refractivity contribution in [1.82, 2.24) is 19.4 Å². The van der Waals surface area contributed by atoms with E-state index >= 15 is 0 Å². The molecular formula is C23H26FN7O2. The van der Waals surface area contributed by atoms with Crippen LogP contribution in [-0.4, -0.2) is 44.1 Å². The molecule has 2 aromatic carbocycles. The van der Waals surface area contributed by atoms with E-state index in [1.54, 1.807) is 12.1 Å². The molecule has 2 heterocycles. The summed E-state index contributed by atoms with van der Waals surface area (Å²) >= 11 is 0. The molecule has 0 saturated heterocycles. The van der Waals surface area contributed by atoms with E-state index in [0.29, 0.717) is 43.5 Å². The van der Waals surface area contributed by atoms with Crippen molar-refractivity contribution in [2.75, 3.05) is 30.3 Å². The minimum atomic E-state index is -0.508. The van der Waals surface area contributed by atoms with Gasteiger partial charge in [0.2, 0.25) is 17.7 Å². The highest BCUT2D eigenvalue weighted by atomic mass is 19.1. The minimum absolute atomic E-state index is 0.162. The lowest BCUT2D eigenvalue weighted by molar-refractivity contribution is 0.475. The lowest BCUT2D eigenvalue weighted by atomic mass is 10.1. The van der Waals surface area contributed by atoms with Crippen LogP contribution in [0.2, 0.25) is 0 Å². The number of rotatable bonds is 10. The molecule has 9 nitrogen and oxygen atoms in total. The van der Waals surface area contributed by atoms with E-state index in [4.69, 9.17) is 5.73 Å². The highest BCUT2D eigenvalue weighted by Gasteiger charge is 2.14. The maximum atomic E-state index is 13.7. The monoisotopic (exact) mass is 451 g/mol. The van der Waals surface area contributed by atoms with Gasteiger partial charge in [0.25, 0.3) is 5.56 Å². The Morgan fingerprint density at radius 1 is 0.970 bits per heavy atom. The van der Waals surface area contributed by atoms with Gasteiger partial charge in [-0.25, -0.2) is 13.8 Å². The lowest BCUT2D eigenvalue weighted by Gasteiger charge is -2.13. The van der Waals surface area contributed by atoms with Gasteiger partial charge in [-0.2, -0.15) is 9.97 Å². The van der Waals surface area contributed by atoms with E-state index in [0.717, 1.165) is 24.8 Å². The van der Waals surface area contributed by atoms with Crippen molar-refractivity contribution in [1.29, 1.82) is 0 Å². The van der Waals surface area contributed by atoms with Gasteiger partial charge in [0.15, 0.2) is 0 Å². The predicted molar refractivity (Wildman–Crippen MR) is 126 cm³/mol. The Balaban J connectivity index is 1.63. The summed E-state index contributed by atoms with van der Waals surface area (Å²) in [7, 11) is 0. The van der Waals surface area contributed by atoms with Gasteiger partial charge in [-0.15, -0.1) is 0 Å². The summed E-state index contributed by atoms with van der Waals surface area (Å²) in [5.74, 6) is 0.502. The molecule has 0 bridgehead atoms. The number of benzene rings is 2. The molecule has 0 amide bonds. The van der Waals surface area contributed by atoms with Gasteiger partial charge in [-0.1, -0.05) is 18.6 Å². The van der Waals surface area contributed by atoms with Crippen molar-refractivity contribution in [2.24, 2.45) is 5.73 Å². The average molecular weight is 452 g/mol. The topological polar surface area (TPSA) is 130 Å². The Hall–Kier alpha value is -3.79. The number of nitrogens with one attached hydrogen (secondary N) is 2. The predicted octanol–water partition coefficient (Wildman–Crippen LogP) is 2.68. The molecular weight excluding hydrogens is 425 g/mol. The smallest absolute Gasteiger partial charge is 0.269 e. The normalized spacial score (nSPS) is 11.2. The number of phenols is 1. The third-order valence-corrected chi connectivity index (χ3v) is 5.24. The van der Waals surface area contributed by atoms with Gasteiger partial charge >= 0.3 is 0 Å². The molecule has 0 unspecified atom stereocenters. The molecule has 0 spiro atoms. The molecule has 10 heteroatoms. The van der Waals surface area contributed by atoms with Gasteiger partial charge in [0.1, 0.15) is 11.6 Å². The number of nitrogens with two attached hydrogens (primary N) is 1. The van der Waals surface area contributed by atoms with Crippen LogP contribution in [0.4, 0.5) is 16.3 Å². The molecule has 0 aliphatic heterocycles. The van der Waals surface area contributed by atoms with Crippen LogP contribution in [0.1, 0.15) is 24.8 Å². The molecule has 4 aromatic rings. The maximum Gasteiger partial charge on any atom is 0.269 e. The number of anilines is 2. The highest BCUT2D eigenvalue weighted by molar-refractivity contribution is 5.79. The van der Waals surface area contributed by atoms with E-state index in [9.17, 15) is 14.3 Å². The number of phenolic OH excluding ortho intramolecular Hbond substituents is 1. The average Bonchev–Trinajstić information content (AvgIpc) is 2.80. The SMILES string of the molecule is NCCCCCNc1nc(NCCc2ccc(O)cc2)nc2nc3ccc(F)cc3c(=O)n12. The van der Waals surface area contributed by atoms with Crippen LogP contribution in [-0.2, 0) is 6.42 Å². The molecule has 0 saturated carbocycles. The van der Waals surface area contributed by atoms with Crippen molar-refractivity contribution in [3.8, 4) is 5.75 Å². The van der Waals surface area contributed by atoms with E-state index in [1.807, 2.05) is 12.1 Å². The van der Waals surface area contributed by atoms with E-state index < -0.39 is 11.4 Å². The van der Waals surface area contributed by atoms with Crippen LogP contribution in [0.15, 0.2) is 47.3 Å². The quantitative estimate of drug-likeness (QED) is 0.214. The first-order chi connectivity index (χ1) is 16.0. The highest BCUT2D eigenvalue weighted by Crippen LogP contribution is 2.15. The Morgan fingerprint density at radius 2 is 1.79 bits per heavy atom. The lowest BCUT2D eigenvalue weighted by Crippen LogP contribution is -2.23. The van der Waals surface area contributed by atoms with Gasteiger partial charge in [0.05, 0.1) is 10.9 Å². The summed E-state index contributed by atoms with van der Waals surface area (Å²) in [6.45, 7) is 1.76.